The van der Waals surface area contributed by atoms with Crippen LogP contribution in [0.15, 0.2) is 51.0 Å². The van der Waals surface area contributed by atoms with Gasteiger partial charge in [0, 0.05) is 54.6 Å². The van der Waals surface area contributed by atoms with Crippen LogP contribution in [0, 0.1) is 11.8 Å². The first kappa shape index (κ1) is 27.3. The van der Waals surface area contributed by atoms with Gasteiger partial charge in [0.2, 0.25) is 5.91 Å². The van der Waals surface area contributed by atoms with Crippen molar-refractivity contribution in [2.45, 2.75) is 51.4 Å². The molecule has 4 N–H and O–H groups in total. The summed E-state index contributed by atoms with van der Waals surface area (Å²) in [7, 11) is 0. The molecule has 1 amide bonds. The van der Waals surface area contributed by atoms with E-state index in [0.717, 1.165) is 54.3 Å². The maximum absolute atomic E-state index is 13.2. The van der Waals surface area contributed by atoms with Gasteiger partial charge in [-0.2, -0.15) is 4.98 Å². The summed E-state index contributed by atoms with van der Waals surface area (Å²) in [6.07, 6.45) is 8.55. The molecule has 1 aromatic carbocycles. The molecule has 2 unspecified atom stereocenters. The lowest BCUT2D eigenvalue weighted by atomic mass is 9.74. The lowest BCUT2D eigenvalue weighted by Gasteiger charge is -2.38. The van der Waals surface area contributed by atoms with E-state index in [9.17, 15) is 15.0 Å². The van der Waals surface area contributed by atoms with Gasteiger partial charge in [-0.15, -0.1) is 0 Å². The Balaban J connectivity index is 1.28. The second-order valence-electron chi connectivity index (χ2n) is 10.9. The Morgan fingerprint density at radius 2 is 2.00 bits per heavy atom. The predicted octanol–water partition coefficient (Wildman–Crippen LogP) is 5.03. The number of anilines is 2. The normalized spacial score (nSPS) is 22.7. The van der Waals surface area contributed by atoms with Crippen LogP contribution in [-0.2, 0) is 11.2 Å². The quantitative estimate of drug-likeness (QED) is 0.395. The number of phenolic OH excluding ortho intramolecular Hbond substituents is 2. The fourth-order valence-electron chi connectivity index (χ4n) is 6.52. The fourth-order valence-corrected chi connectivity index (χ4v) is 6.79. The molecule has 5 rings (SSSR count). The minimum Gasteiger partial charge on any atom is -0.508 e. The van der Waals surface area contributed by atoms with Crippen LogP contribution in [0.3, 0.4) is 0 Å². The molecule has 0 saturated carbocycles. The van der Waals surface area contributed by atoms with E-state index >= 15 is 0 Å². The third-order valence-corrected chi connectivity index (χ3v) is 9.05. The molecule has 3 heterocycles. The van der Waals surface area contributed by atoms with Gasteiger partial charge < -0.3 is 30.3 Å². The number of allylic oxidation sites excluding steroid dienone is 5. The summed E-state index contributed by atoms with van der Waals surface area (Å²) in [6.45, 7) is 8.88. The largest absolute Gasteiger partial charge is 0.508 e. The van der Waals surface area contributed by atoms with E-state index in [1.54, 1.807) is 12.1 Å². The number of hydrogen-bond donors (Lipinski definition) is 3. The number of benzene rings is 1. The van der Waals surface area contributed by atoms with Crippen LogP contribution >= 0.6 is 15.9 Å². The average Bonchev–Trinajstić information content (AvgIpc) is 3.53. The van der Waals surface area contributed by atoms with Crippen LogP contribution in [-0.4, -0.2) is 57.3 Å². The minimum atomic E-state index is 0.0157. The van der Waals surface area contributed by atoms with Crippen molar-refractivity contribution in [1.82, 2.24) is 15.0 Å². The molecule has 0 radical (unpaired) electrons. The van der Waals surface area contributed by atoms with E-state index < -0.39 is 0 Å². The summed E-state index contributed by atoms with van der Waals surface area (Å²) in [5.74, 6) is 1.07. The number of nitrogens with zero attached hydrogens (tertiary/aromatic N) is 4. The zero-order valence-corrected chi connectivity index (χ0v) is 23.9. The van der Waals surface area contributed by atoms with Gasteiger partial charge in [-0.3, -0.25) is 4.79 Å². The van der Waals surface area contributed by atoms with Gasteiger partial charge in [0.1, 0.15) is 11.5 Å². The van der Waals surface area contributed by atoms with Gasteiger partial charge in [0.25, 0.3) is 5.95 Å². The number of rotatable bonds is 6. The number of amides is 1. The van der Waals surface area contributed by atoms with Gasteiger partial charge in [-0.25, -0.2) is 0 Å². The first-order chi connectivity index (χ1) is 18.7. The first-order valence-electron chi connectivity index (χ1n) is 13.6. The molecule has 10 heteroatoms. The summed E-state index contributed by atoms with van der Waals surface area (Å²) in [4.78, 5) is 21.3. The summed E-state index contributed by atoms with van der Waals surface area (Å²) in [5, 5.41) is 24.8. The molecule has 208 valence electrons. The smallest absolute Gasteiger partial charge is 0.325 e. The van der Waals surface area contributed by atoms with E-state index in [2.05, 4.69) is 45.6 Å². The van der Waals surface area contributed by atoms with Crippen molar-refractivity contribution in [3.8, 4) is 11.5 Å². The Morgan fingerprint density at radius 1 is 1.23 bits per heavy atom. The highest BCUT2D eigenvalue weighted by molar-refractivity contribution is 9.11. The maximum atomic E-state index is 13.2. The van der Waals surface area contributed by atoms with Gasteiger partial charge in [0.15, 0.2) is 0 Å². The second kappa shape index (κ2) is 11.5. The van der Waals surface area contributed by atoms with Crippen LogP contribution < -0.4 is 10.6 Å². The van der Waals surface area contributed by atoms with Gasteiger partial charge >= 0.3 is 6.01 Å². The lowest BCUT2D eigenvalue weighted by Crippen LogP contribution is -2.40. The van der Waals surface area contributed by atoms with E-state index in [4.69, 9.17) is 10.3 Å². The minimum absolute atomic E-state index is 0.0157. The molecule has 39 heavy (non-hydrogen) atoms. The maximum Gasteiger partial charge on any atom is 0.325 e. The Labute approximate surface area is 237 Å². The summed E-state index contributed by atoms with van der Waals surface area (Å²) in [6, 6.07) is 3.66. The number of phenols is 2. The number of aryl methyl sites for hydroxylation is 1. The summed E-state index contributed by atoms with van der Waals surface area (Å²) < 4.78 is 6.10. The third-order valence-electron chi connectivity index (χ3n) is 8.50. The average molecular weight is 599 g/mol. The Morgan fingerprint density at radius 3 is 2.69 bits per heavy atom. The molecule has 2 saturated heterocycles. The van der Waals surface area contributed by atoms with Gasteiger partial charge in [-0.05, 0) is 79.3 Å². The van der Waals surface area contributed by atoms with Crippen molar-refractivity contribution in [1.29, 1.82) is 0 Å². The van der Waals surface area contributed by atoms with E-state index in [-0.39, 0.29) is 41.1 Å². The standard InChI is InChI=1S/C29H36BrN5O4/c1-3-22(30)13-20-4-5-21-14-23(36)15-24(37)27(21)26(17(20)2)19-7-10-34(11-8-19)25(38)12-18-6-9-35(16-18)29-32-28(31)33-39-29/h3,13-15,18-19,26,36-37H,1,4-12,16H2,2H3,(H2,31,33)/b22-13+. The zero-order chi connectivity index (χ0) is 27.7. The molecular formula is C29H36BrN5O4. The zero-order valence-electron chi connectivity index (χ0n) is 22.3. The highest BCUT2D eigenvalue weighted by atomic mass is 79.9. The topological polar surface area (TPSA) is 129 Å². The number of nitrogens with two attached hydrogens (primary N) is 1. The number of carbonyl (C=O) groups excluding carboxylic acids is 1. The van der Waals surface area contributed by atoms with Gasteiger partial charge in [0.05, 0.1) is 0 Å². The highest BCUT2D eigenvalue weighted by Gasteiger charge is 2.36. The number of likely N-dealkylation sites (tertiary alicyclic amines) is 1. The molecule has 9 nitrogen and oxygen atoms in total. The van der Waals surface area contributed by atoms with Crippen molar-refractivity contribution in [3.05, 3.63) is 57.6 Å². The fraction of sp³-hybridized carbons (Fsp3) is 0.483. The number of hydrogen-bond acceptors (Lipinski definition) is 8. The molecule has 2 aliphatic heterocycles. The Kier molecular flexibility index (Phi) is 8.02. The molecule has 1 aromatic heterocycles. The Hall–Kier alpha value is -3.27. The monoisotopic (exact) mass is 597 g/mol. The molecule has 2 atom stereocenters. The predicted molar refractivity (Wildman–Crippen MR) is 154 cm³/mol. The van der Waals surface area contributed by atoms with Crippen molar-refractivity contribution < 1.29 is 19.5 Å². The second-order valence-corrected chi connectivity index (χ2v) is 11.8. The number of carbonyl (C=O) groups is 1. The SMILES string of the molecule is C=C/C(Br)=C\C1=C(C)C(C2CCN(C(=O)CC3CCN(c4nc(N)no4)C3)CC2)c2c(O)cc(O)cc2CC1. The van der Waals surface area contributed by atoms with Crippen LogP contribution in [0.5, 0.6) is 11.5 Å². The van der Waals surface area contributed by atoms with Crippen LogP contribution in [0.1, 0.15) is 56.1 Å². The van der Waals surface area contributed by atoms with Gasteiger partial charge in [-0.1, -0.05) is 34.2 Å². The van der Waals surface area contributed by atoms with E-state index in [1.807, 2.05) is 9.80 Å². The highest BCUT2D eigenvalue weighted by Crippen LogP contribution is 2.48. The van der Waals surface area contributed by atoms with Crippen LogP contribution in [0.4, 0.5) is 12.0 Å². The number of aromatic hydroxyl groups is 2. The first-order valence-corrected chi connectivity index (χ1v) is 14.4. The van der Waals surface area contributed by atoms with Crippen molar-refractivity contribution in [2.75, 3.05) is 36.8 Å². The number of aromatic nitrogens is 2. The molecule has 0 spiro atoms. The molecule has 2 fully saturated rings. The van der Waals surface area contributed by atoms with Crippen molar-refractivity contribution in [3.63, 3.8) is 0 Å². The third kappa shape index (κ3) is 5.85. The molecular weight excluding hydrogens is 562 g/mol. The molecule has 1 aliphatic carbocycles. The molecule has 2 aromatic rings. The summed E-state index contributed by atoms with van der Waals surface area (Å²) in [5.41, 5.74) is 9.93. The van der Waals surface area contributed by atoms with Crippen LogP contribution in [0.2, 0.25) is 0 Å². The number of fused-ring (bicyclic) bond motifs is 1. The van der Waals surface area contributed by atoms with Crippen LogP contribution in [0.25, 0.3) is 0 Å². The molecule has 0 bridgehead atoms. The number of piperidine rings is 1. The van der Waals surface area contributed by atoms with E-state index in [1.165, 1.54) is 17.2 Å². The van der Waals surface area contributed by atoms with E-state index in [0.29, 0.717) is 32.1 Å². The lowest BCUT2D eigenvalue weighted by molar-refractivity contribution is -0.133. The Bertz CT molecular complexity index is 1310. The van der Waals surface area contributed by atoms with Crippen molar-refractivity contribution >= 4 is 33.8 Å². The number of nitrogen functional groups attached to an aromatic ring is 1. The molecule has 3 aliphatic rings. The summed E-state index contributed by atoms with van der Waals surface area (Å²) >= 11 is 3.58. The van der Waals surface area contributed by atoms with Crippen molar-refractivity contribution in [2.24, 2.45) is 11.8 Å². The number of halogens is 1.